The van der Waals surface area contributed by atoms with E-state index in [0.29, 0.717) is 48.2 Å². The SMILES string of the molecule is C[C@H]1C[C@H]2[C@@H]3[C@@H](O1)[C@@H]1C[C@@H]4C[C@@H]5O[C@]56[C@H](C(O)[C@@H](O)[C@]5(C)[C@@H](c7ccc(=O)oc7)CC[C@@]56O)[C@@]4(C)CC312. The Labute approximate surface area is 216 Å². The van der Waals surface area contributed by atoms with Crippen LogP contribution in [0.1, 0.15) is 70.8 Å². The molecule has 7 nitrogen and oxygen atoms in total. The fraction of sp³-hybridized carbons (Fsp3) is 0.833. The molecule has 0 bridgehead atoms. The van der Waals surface area contributed by atoms with Crippen molar-refractivity contribution in [3.05, 3.63) is 34.4 Å². The highest BCUT2D eigenvalue weighted by molar-refractivity contribution is 5.41. The molecule has 2 unspecified atom stereocenters. The molecule has 200 valence electrons. The van der Waals surface area contributed by atoms with Crippen molar-refractivity contribution >= 4 is 0 Å². The normalized spacial score (nSPS) is 65.6. The highest BCUT2D eigenvalue weighted by atomic mass is 16.6. The minimum atomic E-state index is -1.27. The topological polar surface area (TPSA) is 113 Å². The lowest BCUT2D eigenvalue weighted by molar-refractivity contribution is -0.286. The summed E-state index contributed by atoms with van der Waals surface area (Å²) in [5.41, 5.74) is -2.65. The zero-order valence-electron chi connectivity index (χ0n) is 21.8. The van der Waals surface area contributed by atoms with Crippen molar-refractivity contribution in [3.63, 3.8) is 0 Å². The van der Waals surface area contributed by atoms with Gasteiger partial charge < -0.3 is 29.2 Å². The van der Waals surface area contributed by atoms with Gasteiger partial charge in [-0.25, -0.2) is 4.79 Å². The average molecular weight is 511 g/mol. The maximum Gasteiger partial charge on any atom is 0.335 e. The van der Waals surface area contributed by atoms with E-state index in [1.54, 1.807) is 6.07 Å². The van der Waals surface area contributed by atoms with Crippen LogP contribution in [0.3, 0.4) is 0 Å². The predicted molar refractivity (Wildman–Crippen MR) is 130 cm³/mol. The minimum Gasteiger partial charge on any atom is -0.431 e. The molecule has 3 heterocycles. The van der Waals surface area contributed by atoms with Gasteiger partial charge in [-0.3, -0.25) is 0 Å². The standard InChI is InChI=1S/C30H38O7/c1-13-8-17-21-23(36-13)18-9-15-10-19-30(37-19)24(26(15,2)12-28(17,18)21)22(32)25(33)27(3)16(6-7-29(27,30)34)14-4-5-20(31)35-11-14/h4-5,11,13,15-19,21-25,32-34H,6-10,12H2,1-3H3/t13-,15+,16+,17-,18-,19-,21+,22?,23-,24+,25+,26-,27-,28?,29+,30-/m0/s1. The van der Waals surface area contributed by atoms with Crippen LogP contribution in [0.2, 0.25) is 0 Å². The molecule has 6 aliphatic carbocycles. The van der Waals surface area contributed by atoms with Crippen LogP contribution in [0.4, 0.5) is 0 Å². The molecule has 6 saturated carbocycles. The first-order valence-electron chi connectivity index (χ1n) is 14.5. The molecule has 1 aromatic rings. The number of fused-ring (bicyclic) bond motifs is 4. The Morgan fingerprint density at radius 1 is 1.08 bits per heavy atom. The number of aliphatic hydroxyl groups is 3. The Morgan fingerprint density at radius 3 is 2.65 bits per heavy atom. The molecule has 1 aromatic heterocycles. The van der Waals surface area contributed by atoms with Crippen molar-refractivity contribution in [3.8, 4) is 0 Å². The third kappa shape index (κ3) is 2.08. The third-order valence-corrected chi connectivity index (χ3v) is 14.1. The predicted octanol–water partition coefficient (Wildman–Crippen LogP) is 2.60. The summed E-state index contributed by atoms with van der Waals surface area (Å²) in [6.45, 7) is 6.47. The van der Waals surface area contributed by atoms with Gasteiger partial charge in [-0.15, -0.1) is 0 Å². The first-order valence-corrected chi connectivity index (χ1v) is 14.5. The van der Waals surface area contributed by atoms with E-state index >= 15 is 0 Å². The van der Waals surface area contributed by atoms with Crippen molar-refractivity contribution in [1.29, 1.82) is 0 Å². The van der Waals surface area contributed by atoms with Crippen molar-refractivity contribution in [2.24, 2.45) is 45.8 Å². The van der Waals surface area contributed by atoms with E-state index in [1.807, 2.05) is 6.92 Å². The van der Waals surface area contributed by atoms with Gasteiger partial charge >= 0.3 is 5.63 Å². The maximum atomic E-state index is 12.7. The Kier molecular flexibility index (Phi) is 3.79. The second-order valence-electron chi connectivity index (χ2n) is 14.8. The Morgan fingerprint density at radius 2 is 1.89 bits per heavy atom. The second kappa shape index (κ2) is 6.22. The van der Waals surface area contributed by atoms with E-state index < -0.39 is 34.5 Å². The molecule has 3 N–H and O–H groups in total. The Balaban J connectivity index is 1.14. The van der Waals surface area contributed by atoms with Gasteiger partial charge in [0, 0.05) is 17.4 Å². The van der Waals surface area contributed by atoms with Crippen molar-refractivity contribution in [2.75, 3.05) is 0 Å². The summed E-state index contributed by atoms with van der Waals surface area (Å²) in [5.74, 6) is 1.83. The average Bonchev–Trinajstić information content (AvgIpc) is 3.69. The fourth-order valence-corrected chi connectivity index (χ4v) is 12.7. The van der Waals surface area contributed by atoms with Gasteiger partial charge in [-0.05, 0) is 97.5 Å². The first-order chi connectivity index (χ1) is 17.5. The fourth-order valence-electron chi connectivity index (χ4n) is 12.7. The first kappa shape index (κ1) is 22.6. The van der Waals surface area contributed by atoms with Gasteiger partial charge in [0.05, 0.1) is 36.8 Å². The lowest BCUT2D eigenvalue weighted by atomic mass is 9.38. The molecule has 2 aliphatic heterocycles. The molecule has 0 aromatic carbocycles. The summed E-state index contributed by atoms with van der Waals surface area (Å²) < 4.78 is 18.3. The zero-order valence-corrected chi connectivity index (χ0v) is 21.8. The summed E-state index contributed by atoms with van der Waals surface area (Å²) in [7, 11) is 0. The second-order valence-corrected chi connectivity index (χ2v) is 14.8. The highest BCUT2D eigenvalue weighted by Gasteiger charge is 2.92. The van der Waals surface area contributed by atoms with Gasteiger partial charge in [0.2, 0.25) is 0 Å². The van der Waals surface area contributed by atoms with E-state index in [1.165, 1.54) is 12.3 Å². The van der Waals surface area contributed by atoms with Crippen molar-refractivity contribution in [2.45, 2.75) is 107 Å². The van der Waals surface area contributed by atoms with Gasteiger partial charge in [-0.2, -0.15) is 0 Å². The number of epoxide rings is 1. The Hall–Kier alpha value is -1.25. The monoisotopic (exact) mass is 510 g/mol. The van der Waals surface area contributed by atoms with Gasteiger partial charge in [0.1, 0.15) is 11.2 Å². The van der Waals surface area contributed by atoms with E-state index in [0.717, 1.165) is 37.2 Å². The summed E-state index contributed by atoms with van der Waals surface area (Å²) >= 11 is 0. The van der Waals surface area contributed by atoms with Crippen LogP contribution < -0.4 is 5.63 Å². The molecule has 8 fully saturated rings. The quantitative estimate of drug-likeness (QED) is 0.498. The van der Waals surface area contributed by atoms with Crippen molar-refractivity contribution in [1.82, 2.24) is 0 Å². The van der Waals surface area contributed by atoms with Crippen molar-refractivity contribution < 1.29 is 29.2 Å². The number of hydrogen-bond donors (Lipinski definition) is 3. The zero-order chi connectivity index (χ0) is 25.5. The molecular formula is C30H38O7. The Bertz CT molecular complexity index is 1260. The van der Waals surface area contributed by atoms with Crippen LogP contribution in [-0.4, -0.2) is 57.0 Å². The molecule has 0 radical (unpaired) electrons. The van der Waals surface area contributed by atoms with Crippen LogP contribution in [0.15, 0.2) is 27.6 Å². The molecule has 2 saturated heterocycles. The van der Waals surface area contributed by atoms with E-state index in [2.05, 4.69) is 13.8 Å². The molecule has 16 atom stereocenters. The summed E-state index contributed by atoms with van der Waals surface area (Å²) in [5, 5.41) is 36.7. The van der Waals surface area contributed by atoms with Crippen LogP contribution in [0, 0.1) is 45.8 Å². The van der Waals surface area contributed by atoms with Gasteiger partial charge in [0.15, 0.2) is 0 Å². The molecule has 2 spiro atoms. The van der Waals surface area contributed by atoms with Crippen LogP contribution >= 0.6 is 0 Å². The molecule has 7 heteroatoms. The van der Waals surface area contributed by atoms with E-state index in [4.69, 9.17) is 13.9 Å². The summed E-state index contributed by atoms with van der Waals surface area (Å²) in [6, 6.07) is 3.14. The molecule has 8 aliphatic rings. The number of ether oxygens (including phenoxy) is 2. The minimum absolute atomic E-state index is 0.0992. The van der Waals surface area contributed by atoms with Gasteiger partial charge in [-0.1, -0.05) is 13.8 Å². The summed E-state index contributed by atoms with van der Waals surface area (Å²) in [6.07, 6.45) is 5.33. The lowest BCUT2D eigenvalue weighted by Gasteiger charge is -2.67. The third-order valence-electron chi connectivity index (χ3n) is 14.1. The molecule has 0 amide bonds. The number of hydrogen-bond acceptors (Lipinski definition) is 7. The smallest absolute Gasteiger partial charge is 0.335 e. The molecule has 37 heavy (non-hydrogen) atoms. The van der Waals surface area contributed by atoms with Crippen LogP contribution in [0.25, 0.3) is 0 Å². The highest BCUT2D eigenvalue weighted by Crippen LogP contribution is 2.88. The van der Waals surface area contributed by atoms with Crippen LogP contribution in [0.5, 0.6) is 0 Å². The van der Waals surface area contributed by atoms with E-state index in [-0.39, 0.29) is 23.4 Å². The number of rotatable bonds is 1. The molecule has 9 rings (SSSR count). The van der Waals surface area contributed by atoms with Crippen LogP contribution in [-0.2, 0) is 9.47 Å². The maximum absolute atomic E-state index is 12.7. The number of aliphatic hydroxyl groups excluding tert-OH is 2. The molecular weight excluding hydrogens is 472 g/mol. The van der Waals surface area contributed by atoms with Gasteiger partial charge in [0.25, 0.3) is 0 Å². The van der Waals surface area contributed by atoms with E-state index in [9.17, 15) is 20.1 Å². The largest absolute Gasteiger partial charge is 0.431 e. The summed E-state index contributed by atoms with van der Waals surface area (Å²) in [4.78, 5) is 11.6. The lowest BCUT2D eigenvalue weighted by Crippen LogP contribution is -2.77.